The van der Waals surface area contributed by atoms with Gasteiger partial charge in [-0.1, -0.05) is 20.8 Å². The Morgan fingerprint density at radius 2 is 0.620 bits per heavy atom. The summed E-state index contributed by atoms with van der Waals surface area (Å²) in [5.74, 6) is -2.01. The molecule has 0 radical (unpaired) electrons. The van der Waals surface area contributed by atoms with Crippen LogP contribution in [0.1, 0.15) is 107 Å². The second-order valence-electron chi connectivity index (χ2n) is 29.7. The van der Waals surface area contributed by atoms with E-state index in [1.807, 2.05) is 0 Å². The average molecular weight is 1870 g/mol. The molecule has 5 aliphatic carbocycles. The third kappa shape index (κ3) is 21.4. The summed E-state index contributed by atoms with van der Waals surface area (Å²) in [6.45, 7) is 53.6. The van der Waals surface area contributed by atoms with E-state index in [0.717, 1.165) is 67.3 Å². The quantitative estimate of drug-likeness (QED) is 0.0460. The first-order chi connectivity index (χ1) is 60.8. The number of aliphatic hydroxyl groups excluding tert-OH is 3. The van der Waals surface area contributed by atoms with Crippen molar-refractivity contribution in [2.45, 2.75) is 138 Å². The molecule has 0 fully saturated rings. The van der Waals surface area contributed by atoms with Crippen LogP contribution in [0.5, 0.6) is 57.5 Å². The van der Waals surface area contributed by atoms with Gasteiger partial charge >= 0.3 is 0 Å². The molecule has 129 heavy (non-hydrogen) atoms. The highest BCUT2D eigenvalue weighted by molar-refractivity contribution is 7.94. The van der Waals surface area contributed by atoms with E-state index in [1.165, 1.54) is 110 Å². The van der Waals surface area contributed by atoms with Gasteiger partial charge < -0.3 is 39.0 Å². The maximum Gasteiger partial charge on any atom is 0.208 e. The van der Waals surface area contributed by atoms with Gasteiger partial charge in [-0.05, 0) is 126 Å². The lowest BCUT2D eigenvalue weighted by Gasteiger charge is -2.16. The van der Waals surface area contributed by atoms with Crippen LogP contribution in [-0.4, -0.2) is 116 Å². The number of rotatable bonds is 16. The molecule has 666 valence electrons. The van der Waals surface area contributed by atoms with Crippen LogP contribution in [0.4, 0.5) is 68.0 Å². The molecule has 0 aliphatic heterocycles. The lowest BCUT2D eigenvalue weighted by atomic mass is 10.0. The molecule has 1 aromatic heterocycles. The number of pyridine rings is 1. The lowest BCUT2D eigenvalue weighted by Crippen LogP contribution is -2.12. The summed E-state index contributed by atoms with van der Waals surface area (Å²) in [5, 5.41) is 30.3. The first kappa shape index (κ1) is 96.2. The number of ether oxygens (including phenoxy) is 5. The molecule has 10 aromatic rings. The van der Waals surface area contributed by atoms with Gasteiger partial charge in [0.15, 0.2) is 71.7 Å². The van der Waals surface area contributed by atoms with Crippen molar-refractivity contribution in [2.75, 3.05) is 30.8 Å². The largest absolute Gasteiger partial charge is 0.458 e. The second kappa shape index (κ2) is 39.0. The van der Waals surface area contributed by atoms with Gasteiger partial charge in [0.25, 0.3) is 0 Å². The van der Waals surface area contributed by atoms with Gasteiger partial charge in [0.1, 0.15) is 139 Å². The van der Waals surface area contributed by atoms with Crippen LogP contribution in [0.3, 0.4) is 0 Å². The van der Waals surface area contributed by atoms with Crippen molar-refractivity contribution in [3.05, 3.63) is 311 Å². The molecule has 40 heteroatoms. The smallest absolute Gasteiger partial charge is 0.208 e. The predicted molar refractivity (Wildman–Crippen MR) is 455 cm³/mol. The first-order valence-electron chi connectivity index (χ1n) is 38.1. The predicted octanol–water partition coefficient (Wildman–Crippen LogP) is 21.1. The van der Waals surface area contributed by atoms with Crippen LogP contribution < -0.4 is 23.7 Å². The van der Waals surface area contributed by atoms with E-state index in [4.69, 9.17) is 69.7 Å². The molecular formula is C89H71F9N10O16S5. The molecule has 5 aliphatic rings. The number of halogens is 9. The van der Waals surface area contributed by atoms with Crippen LogP contribution in [0, 0.1) is 69.3 Å². The van der Waals surface area contributed by atoms with Crippen LogP contribution in [0.15, 0.2) is 185 Å². The zero-order valence-corrected chi connectivity index (χ0v) is 72.6. The fourth-order valence-electron chi connectivity index (χ4n) is 15.1. The molecule has 0 spiro atoms. The van der Waals surface area contributed by atoms with Gasteiger partial charge in [-0.15, -0.1) is 9.91 Å². The molecule has 1 heterocycles. The summed E-state index contributed by atoms with van der Waals surface area (Å²) in [6.07, 6.45) is -5.26. The molecule has 9 aromatic carbocycles. The third-order valence-corrected chi connectivity index (χ3v) is 28.1. The van der Waals surface area contributed by atoms with Crippen molar-refractivity contribution in [2.24, 2.45) is 8.94 Å². The SMILES string of the molecule is [C-]#[N+]N=S(=O)(CC)c1ccc(Oc2cc(F)cc([N+]#[C-])c2)c2c1[C@H](O)[C@H](F)C2.[C-]#[N+]N=S(C)(=O)c1ccc(Oc2cc(F)cc([N+]#[C-])c2)c2c1[C@H](C)[C@H](F)C2.[C-]#[N+]c1cc(F)cc(Oc2ccc(S(C)(=O)=O)c3c2C[C@@H](F)[C@H]3C)c1.[C-]#[N+]c1cc(F)cc(Oc2ccc(S(C)(=O)=O)c3c2C[C@@H](F)[C@H]3O)c1.[C-]#[N+]c1cncc(Oc2ccc(S(C)(=O)=O)c3c2C[C@@H](F)[C@H]3O)c1. The standard InChI is InChI=1S/C19H15F2N3O3S.C19H15F2N3O2S.C18H15F2NO3S.C17H13F2NO4S.C16H13FN2O4S/c1-4-28(26,24-23-3)17-6-5-16(14-10-15(21)19(25)18(14)17)27-13-8-11(20)7-12(9-13)22-2;1-11-16(21)10-15-17(26-14-8-12(20)7-13(9-14)22-2)5-6-18(19(11)15)27(4,25)24-23-3;1-10-15(20)9-14-16(4-5-17(18(10)14)25(3,22)23)24-13-7-11(19)6-12(8-13)21-2;1-20-10-5-9(18)6-11(7-10)24-14-3-4-15(25(2,22)23)16-12(14)8-13(19)17(16)21;1-18-9-5-10(8-19-7-9)23-13-3-4-14(24(2,21)22)15-11(13)6-12(17)16(15)20/h5-9,15,19,25H,4,10H2,1H3;5-9,11,16H,10H2,1,4H3;4-8,10,15H,9H2,1,3H3;3-7,13,17,21H,8H2,2H3;3-5,7-8,12,16,20H,6H2,2H3/t15-,19-,28?;11-,16-,27?;10-,15-;13-,17-;12-,16-/m11111/s1. The molecule has 12 atom stereocenters. The minimum absolute atomic E-state index is 0.0178. The van der Waals surface area contributed by atoms with Crippen molar-refractivity contribution < 1.29 is 112 Å². The number of alkyl halides is 5. The Morgan fingerprint density at radius 1 is 0.357 bits per heavy atom. The van der Waals surface area contributed by atoms with Crippen LogP contribution in [0.25, 0.3) is 34.1 Å². The summed E-state index contributed by atoms with van der Waals surface area (Å²) in [7, 11) is -17.0. The highest BCUT2D eigenvalue weighted by atomic mass is 32.2. The number of benzene rings is 9. The topological polar surface area (TPSA) is 312 Å². The van der Waals surface area contributed by atoms with Crippen molar-refractivity contribution in [3.63, 3.8) is 0 Å². The molecule has 3 N–H and O–H groups in total. The molecule has 26 nitrogen and oxygen atoms in total. The molecular weight excluding hydrogens is 1800 g/mol. The van der Waals surface area contributed by atoms with E-state index >= 15 is 0 Å². The zero-order valence-electron chi connectivity index (χ0n) is 68.5. The molecule has 0 saturated carbocycles. The number of aliphatic hydroxyl groups is 3. The number of fused-ring (bicyclic) bond motifs is 5. The molecule has 0 bridgehead atoms. The Bertz CT molecular complexity index is 7010. The van der Waals surface area contributed by atoms with E-state index in [0.29, 0.717) is 38.5 Å². The average Bonchev–Trinajstić information content (AvgIpc) is 1.65. The summed E-state index contributed by atoms with van der Waals surface area (Å²) in [5.41, 5.74) is 3.34. The summed E-state index contributed by atoms with van der Waals surface area (Å²) in [4.78, 5) is 25.7. The first-order valence-corrected chi connectivity index (χ1v) is 47.4. The highest BCUT2D eigenvalue weighted by Gasteiger charge is 2.43. The van der Waals surface area contributed by atoms with Crippen molar-refractivity contribution in [3.8, 4) is 57.5 Å². The Morgan fingerprint density at radius 3 is 0.922 bits per heavy atom. The third-order valence-electron chi connectivity index (χ3n) is 20.9. The Balaban J connectivity index is 0.000000156. The second-order valence-corrected chi connectivity index (χ2v) is 40.3. The number of sulfone groups is 3. The molecule has 2 unspecified atom stereocenters. The maximum absolute atomic E-state index is 14.4. The van der Waals surface area contributed by atoms with Gasteiger partial charge in [-0.3, -0.25) is 4.98 Å². The van der Waals surface area contributed by atoms with Gasteiger partial charge in [-0.2, -0.15) is 13.1 Å². The number of nitrogens with zero attached hydrogens (tertiary/aromatic N) is 10. The normalized spacial score (nSPS) is 19.6. The van der Waals surface area contributed by atoms with E-state index in [-0.39, 0.29) is 165 Å². The van der Waals surface area contributed by atoms with Crippen LogP contribution >= 0.6 is 0 Å². The minimum atomic E-state index is -3.67. The van der Waals surface area contributed by atoms with E-state index in [9.17, 15) is 88.5 Å². The Kier molecular flexibility index (Phi) is 29.1. The molecule has 0 saturated heterocycles. The van der Waals surface area contributed by atoms with Gasteiger partial charge in [-0.25, -0.2) is 97.4 Å². The Labute approximate surface area is 736 Å². The number of aromatic nitrogens is 1. The van der Waals surface area contributed by atoms with Gasteiger partial charge in [0.05, 0.1) is 63.5 Å². The highest BCUT2D eigenvalue weighted by Crippen LogP contribution is 2.51. The van der Waals surface area contributed by atoms with Crippen molar-refractivity contribution in [1.29, 1.82) is 0 Å². The fraction of sp³-hybridized carbons (Fsp3) is 0.258. The lowest BCUT2D eigenvalue weighted by molar-refractivity contribution is 0.0907. The van der Waals surface area contributed by atoms with Crippen molar-refractivity contribution >= 4 is 77.4 Å². The summed E-state index contributed by atoms with van der Waals surface area (Å²) in [6, 6.07) is 29.5. The van der Waals surface area contributed by atoms with Gasteiger partial charge in [0, 0.05) is 150 Å². The molecule has 15 rings (SSSR count). The van der Waals surface area contributed by atoms with E-state index < -0.39 is 133 Å². The summed E-state index contributed by atoms with van der Waals surface area (Å²) < 4.78 is 258. The van der Waals surface area contributed by atoms with Crippen LogP contribution in [0.2, 0.25) is 0 Å². The maximum atomic E-state index is 14.4. The number of hydrogen-bond acceptors (Lipinski definition) is 19. The fourth-order valence-corrected chi connectivity index (χ4v) is 20.8. The van der Waals surface area contributed by atoms with Gasteiger partial charge in [0.2, 0.25) is 5.69 Å². The minimum Gasteiger partial charge on any atom is -0.458 e. The Hall–Kier alpha value is -13.4. The zero-order chi connectivity index (χ0) is 94.4. The van der Waals surface area contributed by atoms with Crippen LogP contribution in [-0.2, 0) is 81.1 Å². The van der Waals surface area contributed by atoms with E-state index in [2.05, 4.69) is 48.1 Å². The molecule has 0 amide bonds. The van der Waals surface area contributed by atoms with E-state index in [1.54, 1.807) is 20.8 Å². The monoisotopic (exact) mass is 1870 g/mol. The summed E-state index contributed by atoms with van der Waals surface area (Å²) >= 11 is 0. The van der Waals surface area contributed by atoms with Crippen molar-refractivity contribution in [1.82, 2.24) is 4.98 Å². The number of hydrogen-bond donors (Lipinski definition) is 3.